The molecular weight excluding hydrogens is 368 g/mol. The highest BCUT2D eigenvalue weighted by atomic mass is 16.5. The van der Waals surface area contributed by atoms with Crippen LogP contribution in [-0.4, -0.2) is 48.7 Å². The van der Waals surface area contributed by atoms with E-state index in [1.54, 1.807) is 4.90 Å². The van der Waals surface area contributed by atoms with E-state index in [1.807, 2.05) is 12.3 Å². The average molecular weight is 396 g/mol. The van der Waals surface area contributed by atoms with Crippen LogP contribution in [0, 0.1) is 5.92 Å². The lowest BCUT2D eigenvalue weighted by Crippen LogP contribution is -2.45. The summed E-state index contributed by atoms with van der Waals surface area (Å²) in [5.41, 5.74) is 4.13. The largest absolute Gasteiger partial charge is 0.492 e. The SMILES string of the molecule is COC(=O)N1c2ccc(-c3cnn(C4CC4)c3)c(OCC3CNC3)c2CCC1C. The Balaban J connectivity index is 1.55. The summed E-state index contributed by atoms with van der Waals surface area (Å²) in [7, 11) is 1.44. The van der Waals surface area contributed by atoms with Gasteiger partial charge in [0, 0.05) is 47.9 Å². The predicted molar refractivity (Wildman–Crippen MR) is 110 cm³/mol. The van der Waals surface area contributed by atoms with Gasteiger partial charge in [0.2, 0.25) is 0 Å². The van der Waals surface area contributed by atoms with Gasteiger partial charge in [-0.05, 0) is 44.7 Å². The minimum Gasteiger partial charge on any atom is -0.492 e. The predicted octanol–water partition coefficient (Wildman–Crippen LogP) is 3.39. The molecular formula is C22H28N4O3. The zero-order valence-corrected chi connectivity index (χ0v) is 17.1. The number of aromatic nitrogens is 2. The van der Waals surface area contributed by atoms with Crippen molar-refractivity contribution in [3.05, 3.63) is 30.1 Å². The molecule has 1 saturated carbocycles. The van der Waals surface area contributed by atoms with Crippen LogP contribution in [0.25, 0.3) is 11.1 Å². The fraction of sp³-hybridized carbons (Fsp3) is 0.545. The van der Waals surface area contributed by atoms with Crippen molar-refractivity contribution in [2.75, 3.05) is 31.7 Å². The zero-order chi connectivity index (χ0) is 20.0. The number of rotatable bonds is 5. The molecule has 1 aliphatic carbocycles. The van der Waals surface area contributed by atoms with Gasteiger partial charge in [0.1, 0.15) is 5.75 Å². The third-order valence-electron chi connectivity index (χ3n) is 6.28. The Labute approximate surface area is 171 Å². The molecule has 3 aliphatic rings. The number of benzene rings is 1. The van der Waals surface area contributed by atoms with Crippen LogP contribution >= 0.6 is 0 Å². The van der Waals surface area contributed by atoms with E-state index < -0.39 is 0 Å². The van der Waals surface area contributed by atoms with Crippen molar-refractivity contribution in [3.8, 4) is 16.9 Å². The Hall–Kier alpha value is -2.54. The van der Waals surface area contributed by atoms with E-state index in [4.69, 9.17) is 9.47 Å². The van der Waals surface area contributed by atoms with E-state index in [0.717, 1.165) is 54.1 Å². The molecule has 0 bridgehead atoms. The number of nitrogens with zero attached hydrogens (tertiary/aromatic N) is 3. The maximum atomic E-state index is 12.5. The molecule has 2 aliphatic heterocycles. The molecule has 1 aromatic carbocycles. The number of methoxy groups -OCH3 is 1. The summed E-state index contributed by atoms with van der Waals surface area (Å²) in [6, 6.07) is 4.74. The van der Waals surface area contributed by atoms with E-state index in [-0.39, 0.29) is 12.1 Å². The van der Waals surface area contributed by atoms with Crippen molar-refractivity contribution in [2.45, 2.75) is 44.7 Å². The van der Waals surface area contributed by atoms with Gasteiger partial charge in [0.25, 0.3) is 0 Å². The second-order valence-corrected chi connectivity index (χ2v) is 8.44. The summed E-state index contributed by atoms with van der Waals surface area (Å²) in [5.74, 6) is 1.43. The molecule has 2 aromatic rings. The maximum absolute atomic E-state index is 12.5. The molecule has 2 fully saturated rings. The molecule has 1 N–H and O–H groups in total. The summed E-state index contributed by atoms with van der Waals surface area (Å²) in [4.78, 5) is 14.2. The first-order chi connectivity index (χ1) is 14.2. The molecule has 1 atom stereocenters. The van der Waals surface area contributed by atoms with Gasteiger partial charge in [-0.3, -0.25) is 9.58 Å². The molecule has 5 rings (SSSR count). The van der Waals surface area contributed by atoms with Crippen LogP contribution in [0.3, 0.4) is 0 Å². The van der Waals surface area contributed by atoms with Crippen LogP contribution in [0.4, 0.5) is 10.5 Å². The standard InChI is InChI=1S/C22H28N4O3/c1-14-3-6-19-20(26(14)22(27)28-2)8-7-18(21(19)29-13-15-9-23-10-15)16-11-24-25(12-16)17-4-5-17/h7-8,11-12,14-15,17,23H,3-6,9-10,13H2,1-2H3. The second kappa shape index (κ2) is 7.37. The van der Waals surface area contributed by atoms with E-state index in [1.165, 1.54) is 20.0 Å². The first kappa shape index (κ1) is 18.5. The quantitative estimate of drug-likeness (QED) is 0.839. The highest BCUT2D eigenvalue weighted by Gasteiger charge is 2.33. The lowest BCUT2D eigenvalue weighted by molar-refractivity contribution is 0.175. The van der Waals surface area contributed by atoms with Gasteiger partial charge >= 0.3 is 6.09 Å². The number of fused-ring (bicyclic) bond motifs is 1. The van der Waals surface area contributed by atoms with Crippen LogP contribution in [0.2, 0.25) is 0 Å². The van der Waals surface area contributed by atoms with Crippen molar-refractivity contribution < 1.29 is 14.3 Å². The molecule has 0 radical (unpaired) electrons. The molecule has 7 heteroatoms. The molecule has 3 heterocycles. The van der Waals surface area contributed by atoms with Gasteiger partial charge in [-0.2, -0.15) is 5.10 Å². The summed E-state index contributed by atoms with van der Waals surface area (Å²) in [5, 5.41) is 7.87. The van der Waals surface area contributed by atoms with Gasteiger partial charge in [-0.25, -0.2) is 4.79 Å². The lowest BCUT2D eigenvalue weighted by Gasteiger charge is -2.36. The van der Waals surface area contributed by atoms with Crippen molar-refractivity contribution in [1.29, 1.82) is 0 Å². The Kier molecular flexibility index (Phi) is 4.70. The molecule has 29 heavy (non-hydrogen) atoms. The van der Waals surface area contributed by atoms with Gasteiger partial charge in [0.05, 0.1) is 31.6 Å². The first-order valence-electron chi connectivity index (χ1n) is 10.6. The minimum absolute atomic E-state index is 0.0992. The Morgan fingerprint density at radius 1 is 1.28 bits per heavy atom. The van der Waals surface area contributed by atoms with Gasteiger partial charge < -0.3 is 14.8 Å². The molecule has 1 saturated heterocycles. The number of hydrogen-bond donors (Lipinski definition) is 1. The zero-order valence-electron chi connectivity index (χ0n) is 17.1. The van der Waals surface area contributed by atoms with Gasteiger partial charge in [-0.1, -0.05) is 0 Å². The molecule has 154 valence electrons. The van der Waals surface area contributed by atoms with Crippen LogP contribution in [0.1, 0.15) is 37.8 Å². The molecule has 1 aromatic heterocycles. The summed E-state index contributed by atoms with van der Waals surface area (Å²) in [6.07, 6.45) is 7.91. The number of anilines is 1. The number of ether oxygens (including phenoxy) is 2. The van der Waals surface area contributed by atoms with Crippen molar-refractivity contribution in [2.24, 2.45) is 5.92 Å². The molecule has 7 nitrogen and oxygen atoms in total. The van der Waals surface area contributed by atoms with E-state index in [0.29, 0.717) is 18.6 Å². The normalized spacial score (nSPS) is 21.4. The minimum atomic E-state index is -0.318. The highest BCUT2D eigenvalue weighted by Crippen LogP contribution is 2.44. The monoisotopic (exact) mass is 396 g/mol. The average Bonchev–Trinajstić information content (AvgIpc) is 3.43. The third-order valence-corrected chi connectivity index (χ3v) is 6.28. The lowest BCUT2D eigenvalue weighted by atomic mass is 9.92. The number of nitrogens with one attached hydrogen (secondary N) is 1. The van der Waals surface area contributed by atoms with Crippen LogP contribution in [0.15, 0.2) is 24.5 Å². The number of carbonyl (C=O) groups is 1. The van der Waals surface area contributed by atoms with Crippen LogP contribution in [0.5, 0.6) is 5.75 Å². The van der Waals surface area contributed by atoms with E-state index >= 15 is 0 Å². The van der Waals surface area contributed by atoms with Crippen LogP contribution < -0.4 is 15.0 Å². The second-order valence-electron chi connectivity index (χ2n) is 8.44. The number of carbonyl (C=O) groups excluding carboxylic acids is 1. The Bertz CT molecular complexity index is 917. The molecule has 0 spiro atoms. The summed E-state index contributed by atoms with van der Waals surface area (Å²) >= 11 is 0. The van der Waals surface area contributed by atoms with Crippen LogP contribution in [-0.2, 0) is 11.2 Å². The summed E-state index contributed by atoms with van der Waals surface area (Å²) in [6.45, 7) is 4.74. The summed E-state index contributed by atoms with van der Waals surface area (Å²) < 4.78 is 13.5. The fourth-order valence-corrected chi connectivity index (χ4v) is 4.26. The first-order valence-corrected chi connectivity index (χ1v) is 10.6. The Morgan fingerprint density at radius 3 is 2.79 bits per heavy atom. The molecule has 1 unspecified atom stereocenters. The maximum Gasteiger partial charge on any atom is 0.414 e. The van der Waals surface area contributed by atoms with Crippen molar-refractivity contribution in [3.63, 3.8) is 0 Å². The smallest absolute Gasteiger partial charge is 0.414 e. The van der Waals surface area contributed by atoms with Gasteiger partial charge in [0.15, 0.2) is 0 Å². The van der Waals surface area contributed by atoms with Crippen molar-refractivity contribution >= 4 is 11.8 Å². The topological polar surface area (TPSA) is 68.6 Å². The highest BCUT2D eigenvalue weighted by molar-refractivity contribution is 5.92. The number of amides is 1. The fourth-order valence-electron chi connectivity index (χ4n) is 4.26. The Morgan fingerprint density at radius 2 is 2.10 bits per heavy atom. The van der Waals surface area contributed by atoms with E-state index in [2.05, 4.69) is 34.3 Å². The third kappa shape index (κ3) is 3.37. The van der Waals surface area contributed by atoms with E-state index in [9.17, 15) is 4.79 Å². The van der Waals surface area contributed by atoms with Gasteiger partial charge in [-0.15, -0.1) is 0 Å². The number of hydrogen-bond acceptors (Lipinski definition) is 5. The molecule has 1 amide bonds. The van der Waals surface area contributed by atoms with Crippen molar-refractivity contribution in [1.82, 2.24) is 15.1 Å².